The van der Waals surface area contributed by atoms with Gasteiger partial charge in [-0.3, -0.25) is 9.59 Å². The molecule has 26 heavy (non-hydrogen) atoms. The predicted octanol–water partition coefficient (Wildman–Crippen LogP) is 1.96. The van der Waals surface area contributed by atoms with E-state index in [1.807, 2.05) is 0 Å². The maximum Gasteiger partial charge on any atom is 0.262 e. The molecule has 0 atom stereocenters. The second-order valence-electron chi connectivity index (χ2n) is 5.59. The number of sulfone groups is 1. The fourth-order valence-corrected chi connectivity index (χ4v) is 3.64. The smallest absolute Gasteiger partial charge is 0.262 e. The van der Waals surface area contributed by atoms with Gasteiger partial charge in [0.05, 0.1) is 22.0 Å². The van der Waals surface area contributed by atoms with Crippen LogP contribution in [0.15, 0.2) is 47.4 Å². The first-order chi connectivity index (χ1) is 12.3. The van der Waals surface area contributed by atoms with Crippen LogP contribution >= 0.6 is 0 Å². The summed E-state index contributed by atoms with van der Waals surface area (Å²) in [6.07, 6.45) is -0.337. The molecule has 3 rings (SSSR count). The lowest BCUT2D eigenvalue weighted by atomic mass is 10.2. The monoisotopic (exact) mass is 378 g/mol. The molecular weight excluding hydrogens is 363 g/mol. The van der Waals surface area contributed by atoms with E-state index in [-0.39, 0.29) is 35.2 Å². The van der Waals surface area contributed by atoms with E-state index in [2.05, 4.69) is 10.6 Å². The summed E-state index contributed by atoms with van der Waals surface area (Å²) in [5.41, 5.74) is 0.252. The number of amides is 2. The van der Waals surface area contributed by atoms with E-state index in [9.17, 15) is 22.4 Å². The average molecular weight is 378 g/mol. The van der Waals surface area contributed by atoms with Gasteiger partial charge in [-0.05, 0) is 30.3 Å². The molecule has 0 saturated heterocycles. The normalized spacial score (nSPS) is 13.3. The van der Waals surface area contributed by atoms with Crippen molar-refractivity contribution in [3.63, 3.8) is 0 Å². The van der Waals surface area contributed by atoms with E-state index in [1.165, 1.54) is 36.4 Å². The second-order valence-corrected chi connectivity index (χ2v) is 7.70. The molecule has 2 N–H and O–H groups in total. The summed E-state index contributed by atoms with van der Waals surface area (Å²) in [6.45, 7) is -0.130. The summed E-state index contributed by atoms with van der Waals surface area (Å²) in [7, 11) is -3.77. The van der Waals surface area contributed by atoms with Crippen molar-refractivity contribution in [3.8, 4) is 5.75 Å². The van der Waals surface area contributed by atoms with Gasteiger partial charge < -0.3 is 15.4 Å². The first kappa shape index (κ1) is 17.9. The van der Waals surface area contributed by atoms with Gasteiger partial charge >= 0.3 is 0 Å². The van der Waals surface area contributed by atoms with Crippen LogP contribution in [0.2, 0.25) is 0 Å². The maximum absolute atomic E-state index is 13.5. The molecule has 0 saturated carbocycles. The number of hydrogen-bond donors (Lipinski definition) is 2. The number of carbonyl (C=O) groups excluding carboxylic acids is 2. The zero-order valence-electron chi connectivity index (χ0n) is 13.5. The van der Waals surface area contributed by atoms with Crippen molar-refractivity contribution in [3.05, 3.63) is 48.3 Å². The molecule has 0 aromatic heterocycles. The standard InChI is InChI=1S/C17H15FN2O5S/c18-12-3-1-2-4-13(12)19-16(21)7-8-26(23,24)11-5-6-15-14(9-11)20-17(22)10-25-15/h1-6,9H,7-8,10H2,(H,19,21)(H,20,22). The number of para-hydroxylation sites is 1. The first-order valence-corrected chi connectivity index (χ1v) is 9.34. The van der Waals surface area contributed by atoms with Crippen LogP contribution in [0.4, 0.5) is 15.8 Å². The third-order valence-electron chi connectivity index (χ3n) is 3.69. The number of halogens is 1. The molecule has 9 heteroatoms. The van der Waals surface area contributed by atoms with Gasteiger partial charge in [0.2, 0.25) is 5.91 Å². The number of rotatable bonds is 5. The minimum Gasteiger partial charge on any atom is -0.482 e. The van der Waals surface area contributed by atoms with E-state index in [4.69, 9.17) is 4.74 Å². The van der Waals surface area contributed by atoms with Gasteiger partial charge in [-0.15, -0.1) is 0 Å². The quantitative estimate of drug-likeness (QED) is 0.828. The number of hydrogen-bond acceptors (Lipinski definition) is 5. The zero-order chi connectivity index (χ0) is 18.7. The molecule has 0 aliphatic carbocycles. The van der Waals surface area contributed by atoms with Crippen LogP contribution in [0.25, 0.3) is 0 Å². The lowest BCUT2D eigenvalue weighted by molar-refractivity contribution is -0.118. The van der Waals surface area contributed by atoms with Crippen LogP contribution in [0.1, 0.15) is 6.42 Å². The van der Waals surface area contributed by atoms with Crippen molar-refractivity contribution >= 4 is 33.0 Å². The van der Waals surface area contributed by atoms with Gasteiger partial charge in [0, 0.05) is 6.42 Å². The largest absolute Gasteiger partial charge is 0.482 e. The molecule has 1 aliphatic heterocycles. The molecule has 2 amide bonds. The summed E-state index contributed by atoms with van der Waals surface area (Å²) >= 11 is 0. The van der Waals surface area contributed by atoms with E-state index >= 15 is 0 Å². The molecular formula is C17H15FN2O5S. The van der Waals surface area contributed by atoms with Gasteiger partial charge in [-0.25, -0.2) is 12.8 Å². The van der Waals surface area contributed by atoms with Crippen molar-refractivity contribution in [1.29, 1.82) is 0 Å². The van der Waals surface area contributed by atoms with Crippen molar-refractivity contribution in [2.75, 3.05) is 23.0 Å². The fraction of sp³-hybridized carbons (Fsp3) is 0.176. The highest BCUT2D eigenvalue weighted by molar-refractivity contribution is 7.91. The van der Waals surface area contributed by atoms with Gasteiger partial charge in [0.1, 0.15) is 11.6 Å². The summed E-state index contributed by atoms with van der Waals surface area (Å²) in [5, 5.41) is 4.86. The Morgan fingerprint density at radius 2 is 2.00 bits per heavy atom. The number of anilines is 2. The molecule has 0 fully saturated rings. The Bertz CT molecular complexity index is 975. The summed E-state index contributed by atoms with van der Waals surface area (Å²) in [5.74, 6) is -1.68. The highest BCUT2D eigenvalue weighted by Gasteiger charge is 2.22. The van der Waals surface area contributed by atoms with Crippen molar-refractivity contribution in [2.24, 2.45) is 0 Å². The van der Waals surface area contributed by atoms with Crippen molar-refractivity contribution in [1.82, 2.24) is 0 Å². The third-order valence-corrected chi connectivity index (χ3v) is 5.40. The Morgan fingerprint density at radius 3 is 2.77 bits per heavy atom. The van der Waals surface area contributed by atoms with Gasteiger partial charge in [-0.2, -0.15) is 0 Å². The topological polar surface area (TPSA) is 102 Å². The van der Waals surface area contributed by atoms with Crippen LogP contribution in [0.3, 0.4) is 0 Å². The summed E-state index contributed by atoms with van der Waals surface area (Å²) in [6, 6.07) is 9.69. The molecule has 0 unspecified atom stereocenters. The fourth-order valence-electron chi connectivity index (χ4n) is 2.38. The molecule has 136 valence electrons. The lowest BCUT2D eigenvalue weighted by Crippen LogP contribution is -2.25. The molecule has 2 aromatic rings. The number of nitrogens with one attached hydrogen (secondary N) is 2. The lowest BCUT2D eigenvalue weighted by Gasteiger charge is -2.18. The first-order valence-electron chi connectivity index (χ1n) is 7.69. The number of benzene rings is 2. The van der Waals surface area contributed by atoms with Crippen LogP contribution in [-0.4, -0.2) is 32.6 Å². The van der Waals surface area contributed by atoms with Crippen molar-refractivity contribution in [2.45, 2.75) is 11.3 Å². The number of fused-ring (bicyclic) bond motifs is 1. The maximum atomic E-state index is 13.5. The minimum atomic E-state index is -3.77. The van der Waals surface area contributed by atoms with E-state index < -0.39 is 27.3 Å². The van der Waals surface area contributed by atoms with Gasteiger partial charge in [0.15, 0.2) is 16.4 Å². The Balaban J connectivity index is 1.67. The molecule has 0 bridgehead atoms. The zero-order valence-corrected chi connectivity index (χ0v) is 14.3. The SMILES string of the molecule is O=C(CCS(=O)(=O)c1ccc2c(c1)NC(=O)CO2)Nc1ccccc1F. The number of carbonyl (C=O) groups is 2. The highest BCUT2D eigenvalue weighted by atomic mass is 32.2. The van der Waals surface area contributed by atoms with Crippen molar-refractivity contribution < 1.29 is 27.1 Å². The number of ether oxygens (including phenoxy) is 1. The van der Waals surface area contributed by atoms with E-state index in [0.29, 0.717) is 5.75 Å². The average Bonchev–Trinajstić information content (AvgIpc) is 2.61. The van der Waals surface area contributed by atoms with E-state index in [1.54, 1.807) is 6.07 Å². The van der Waals surface area contributed by atoms with Crippen LogP contribution in [0, 0.1) is 5.82 Å². The van der Waals surface area contributed by atoms with E-state index in [0.717, 1.165) is 0 Å². The molecule has 1 aliphatic rings. The summed E-state index contributed by atoms with van der Waals surface area (Å²) < 4.78 is 43.5. The van der Waals surface area contributed by atoms with Gasteiger partial charge in [0.25, 0.3) is 5.91 Å². The molecule has 1 heterocycles. The molecule has 7 nitrogen and oxygen atoms in total. The highest BCUT2D eigenvalue weighted by Crippen LogP contribution is 2.30. The predicted molar refractivity (Wildman–Crippen MR) is 92.3 cm³/mol. The van der Waals surface area contributed by atoms with Crippen LogP contribution < -0.4 is 15.4 Å². The third kappa shape index (κ3) is 3.99. The second kappa shape index (κ2) is 7.12. The molecule has 0 spiro atoms. The molecule has 2 aromatic carbocycles. The Kier molecular flexibility index (Phi) is 4.90. The Morgan fingerprint density at radius 1 is 1.23 bits per heavy atom. The van der Waals surface area contributed by atoms with Crippen LogP contribution in [0.5, 0.6) is 5.75 Å². The Hall–Kier alpha value is -2.94. The summed E-state index contributed by atoms with van der Waals surface area (Å²) in [4.78, 5) is 23.2. The van der Waals surface area contributed by atoms with Crippen LogP contribution in [-0.2, 0) is 19.4 Å². The molecule has 0 radical (unpaired) electrons. The Labute approximate surface area is 149 Å². The minimum absolute atomic E-state index is 0.0106. The van der Waals surface area contributed by atoms with Gasteiger partial charge in [-0.1, -0.05) is 12.1 Å².